The number of piperidine rings is 1. The third kappa shape index (κ3) is 2.87. The summed E-state index contributed by atoms with van der Waals surface area (Å²) in [7, 11) is 0. The molecule has 136 valence electrons. The number of carbonyl (C=O) groups excluding carboxylic acids is 2. The van der Waals surface area contributed by atoms with Gasteiger partial charge in [-0.1, -0.05) is 6.07 Å². The molecular weight excluding hydrogens is 336 g/mol. The molecule has 2 aliphatic heterocycles. The molecule has 2 amide bonds. The molecule has 1 aromatic carbocycles. The summed E-state index contributed by atoms with van der Waals surface area (Å²) in [5, 5.41) is 6.80. The molecule has 0 aliphatic carbocycles. The van der Waals surface area contributed by atoms with Crippen LogP contribution >= 0.6 is 0 Å². The van der Waals surface area contributed by atoms with Crippen molar-refractivity contribution in [2.45, 2.75) is 25.3 Å². The largest absolute Gasteiger partial charge is 0.486 e. The van der Waals surface area contributed by atoms with E-state index < -0.39 is 5.91 Å². The van der Waals surface area contributed by atoms with Gasteiger partial charge in [-0.3, -0.25) is 14.7 Å². The molecule has 4 rings (SSSR count). The van der Waals surface area contributed by atoms with Crippen LogP contribution < -0.4 is 15.2 Å². The van der Waals surface area contributed by atoms with Crippen LogP contribution in [0.2, 0.25) is 0 Å². The molecule has 8 nitrogen and oxygen atoms in total. The lowest BCUT2D eigenvalue weighted by molar-refractivity contribution is 0.0596. The second-order valence-corrected chi connectivity index (χ2v) is 6.41. The number of hydrogen-bond acceptors (Lipinski definition) is 5. The van der Waals surface area contributed by atoms with Crippen LogP contribution in [0, 0.1) is 0 Å². The molecule has 0 bridgehead atoms. The summed E-state index contributed by atoms with van der Waals surface area (Å²) in [5.74, 6) is 0.375. The molecule has 26 heavy (non-hydrogen) atoms. The van der Waals surface area contributed by atoms with Crippen LogP contribution in [0.3, 0.4) is 0 Å². The number of H-pyrrole nitrogens is 1. The third-order valence-corrected chi connectivity index (χ3v) is 4.77. The van der Waals surface area contributed by atoms with Crippen LogP contribution in [0.1, 0.15) is 51.8 Å². The SMILES string of the molecule is NC(=O)c1cc(C2CCCCN2C(=O)c2cccc3c2OCCO3)[nH]n1. The van der Waals surface area contributed by atoms with E-state index in [0.29, 0.717) is 42.5 Å². The average molecular weight is 356 g/mol. The van der Waals surface area contributed by atoms with Gasteiger partial charge in [0.15, 0.2) is 11.5 Å². The van der Waals surface area contributed by atoms with E-state index in [1.807, 2.05) is 0 Å². The van der Waals surface area contributed by atoms with Gasteiger partial charge >= 0.3 is 0 Å². The second-order valence-electron chi connectivity index (χ2n) is 6.41. The maximum absolute atomic E-state index is 13.3. The Labute approximate surface area is 150 Å². The molecule has 3 N–H and O–H groups in total. The summed E-state index contributed by atoms with van der Waals surface area (Å²) in [5.41, 5.74) is 6.67. The van der Waals surface area contributed by atoms with Crippen LogP contribution in [0.25, 0.3) is 0 Å². The molecule has 0 saturated carbocycles. The minimum Gasteiger partial charge on any atom is -0.486 e. The number of aromatic amines is 1. The number of aromatic nitrogens is 2. The standard InChI is InChI=1S/C18H20N4O4/c19-17(23)13-10-12(20-21-13)14-5-1-2-7-22(14)18(24)11-4-3-6-15-16(11)26-9-8-25-15/h3-4,6,10,14H,1-2,5,7-9H2,(H2,19,23)(H,20,21). The molecule has 0 radical (unpaired) electrons. The van der Waals surface area contributed by atoms with Crippen molar-refractivity contribution < 1.29 is 19.1 Å². The zero-order chi connectivity index (χ0) is 18.1. The molecule has 3 heterocycles. The molecule has 1 atom stereocenters. The van der Waals surface area contributed by atoms with Crippen LogP contribution in [0.4, 0.5) is 0 Å². The fourth-order valence-corrected chi connectivity index (χ4v) is 3.53. The Bertz CT molecular complexity index is 847. The Morgan fingerprint density at radius 3 is 2.88 bits per heavy atom. The van der Waals surface area contributed by atoms with E-state index in [-0.39, 0.29) is 17.6 Å². The molecule has 8 heteroatoms. The maximum Gasteiger partial charge on any atom is 0.269 e. The molecule has 1 saturated heterocycles. The van der Waals surface area contributed by atoms with Gasteiger partial charge in [0.1, 0.15) is 18.9 Å². The van der Waals surface area contributed by atoms with E-state index in [4.69, 9.17) is 15.2 Å². The summed E-state index contributed by atoms with van der Waals surface area (Å²) < 4.78 is 11.3. The third-order valence-electron chi connectivity index (χ3n) is 4.77. The van der Waals surface area contributed by atoms with E-state index >= 15 is 0 Å². The molecule has 1 aromatic heterocycles. The first-order chi connectivity index (χ1) is 12.6. The van der Waals surface area contributed by atoms with E-state index in [2.05, 4.69) is 10.2 Å². The summed E-state index contributed by atoms with van der Waals surface area (Å²) in [4.78, 5) is 26.4. The first kappa shape index (κ1) is 16.4. The van der Waals surface area contributed by atoms with Crippen LogP contribution in [0.15, 0.2) is 24.3 Å². The highest BCUT2D eigenvalue weighted by atomic mass is 16.6. The van der Waals surface area contributed by atoms with Crippen molar-refractivity contribution in [2.24, 2.45) is 5.73 Å². The predicted octanol–water partition coefficient (Wildman–Crippen LogP) is 1.65. The number of para-hydroxylation sites is 1. The Morgan fingerprint density at radius 2 is 2.08 bits per heavy atom. The number of nitrogens with zero attached hydrogens (tertiary/aromatic N) is 2. The highest BCUT2D eigenvalue weighted by Crippen LogP contribution is 2.37. The molecule has 2 aliphatic rings. The van der Waals surface area contributed by atoms with E-state index in [9.17, 15) is 9.59 Å². The number of hydrogen-bond donors (Lipinski definition) is 2. The van der Waals surface area contributed by atoms with Gasteiger partial charge in [0.25, 0.3) is 11.8 Å². The summed E-state index contributed by atoms with van der Waals surface area (Å²) in [6.07, 6.45) is 2.70. The number of nitrogens with two attached hydrogens (primary N) is 1. The number of carbonyl (C=O) groups is 2. The smallest absolute Gasteiger partial charge is 0.269 e. The number of primary amides is 1. The van der Waals surface area contributed by atoms with Crippen molar-refractivity contribution in [3.63, 3.8) is 0 Å². The normalized spacial score (nSPS) is 19.2. The zero-order valence-electron chi connectivity index (χ0n) is 14.2. The number of rotatable bonds is 3. The van der Waals surface area contributed by atoms with Crippen LogP contribution in [-0.2, 0) is 0 Å². The van der Waals surface area contributed by atoms with E-state index in [1.165, 1.54) is 0 Å². The number of fused-ring (bicyclic) bond motifs is 1. The highest BCUT2D eigenvalue weighted by Gasteiger charge is 2.32. The first-order valence-corrected chi connectivity index (χ1v) is 8.70. The Morgan fingerprint density at radius 1 is 1.23 bits per heavy atom. The molecule has 2 aromatic rings. The van der Waals surface area contributed by atoms with Gasteiger partial charge in [-0.2, -0.15) is 5.10 Å². The van der Waals surface area contributed by atoms with Crippen molar-refractivity contribution >= 4 is 11.8 Å². The van der Waals surface area contributed by atoms with Gasteiger partial charge in [0, 0.05) is 6.54 Å². The van der Waals surface area contributed by atoms with Crippen molar-refractivity contribution in [3.05, 3.63) is 41.2 Å². The van der Waals surface area contributed by atoms with Gasteiger partial charge in [-0.15, -0.1) is 0 Å². The Hall–Kier alpha value is -3.03. The first-order valence-electron chi connectivity index (χ1n) is 8.70. The van der Waals surface area contributed by atoms with Crippen molar-refractivity contribution in [3.8, 4) is 11.5 Å². The number of benzene rings is 1. The lowest BCUT2D eigenvalue weighted by Gasteiger charge is -2.35. The fraction of sp³-hybridized carbons (Fsp3) is 0.389. The van der Waals surface area contributed by atoms with Crippen LogP contribution in [-0.4, -0.2) is 46.7 Å². The van der Waals surface area contributed by atoms with E-state index in [1.54, 1.807) is 29.2 Å². The van der Waals surface area contributed by atoms with E-state index in [0.717, 1.165) is 19.3 Å². The minimum absolute atomic E-state index is 0.118. The number of nitrogens with one attached hydrogen (secondary N) is 1. The summed E-state index contributed by atoms with van der Waals surface area (Å²) in [6.45, 7) is 1.52. The quantitative estimate of drug-likeness (QED) is 0.869. The summed E-state index contributed by atoms with van der Waals surface area (Å²) in [6, 6.07) is 6.79. The molecule has 1 fully saturated rings. The average Bonchev–Trinajstić information content (AvgIpc) is 3.17. The number of amides is 2. The van der Waals surface area contributed by atoms with Crippen molar-refractivity contribution in [1.82, 2.24) is 15.1 Å². The molecule has 1 unspecified atom stereocenters. The Balaban J connectivity index is 1.66. The highest BCUT2D eigenvalue weighted by molar-refractivity contribution is 5.98. The lowest BCUT2D eigenvalue weighted by atomic mass is 9.97. The zero-order valence-corrected chi connectivity index (χ0v) is 14.2. The predicted molar refractivity (Wildman–Crippen MR) is 92.2 cm³/mol. The topological polar surface area (TPSA) is 111 Å². The molecule has 0 spiro atoms. The lowest BCUT2D eigenvalue weighted by Crippen LogP contribution is -2.39. The van der Waals surface area contributed by atoms with Gasteiger partial charge in [-0.05, 0) is 37.5 Å². The number of ether oxygens (including phenoxy) is 2. The summed E-state index contributed by atoms with van der Waals surface area (Å²) >= 11 is 0. The number of likely N-dealkylation sites (tertiary alicyclic amines) is 1. The monoisotopic (exact) mass is 356 g/mol. The van der Waals surface area contributed by atoms with Crippen molar-refractivity contribution in [2.75, 3.05) is 19.8 Å². The van der Waals surface area contributed by atoms with Gasteiger partial charge in [0.05, 0.1) is 17.3 Å². The minimum atomic E-state index is -0.594. The van der Waals surface area contributed by atoms with Gasteiger partial charge in [0.2, 0.25) is 0 Å². The Kier molecular flexibility index (Phi) is 4.24. The van der Waals surface area contributed by atoms with Gasteiger partial charge in [-0.25, -0.2) is 0 Å². The van der Waals surface area contributed by atoms with Gasteiger partial charge < -0.3 is 20.1 Å². The second kappa shape index (κ2) is 6.70. The maximum atomic E-state index is 13.3. The van der Waals surface area contributed by atoms with Crippen LogP contribution in [0.5, 0.6) is 11.5 Å². The molecular formula is C18H20N4O4. The fourth-order valence-electron chi connectivity index (χ4n) is 3.53. The van der Waals surface area contributed by atoms with Crippen molar-refractivity contribution in [1.29, 1.82) is 0 Å².